The van der Waals surface area contributed by atoms with Gasteiger partial charge in [-0.15, -0.1) is 30.3 Å². The Morgan fingerprint density at radius 3 is 1.55 bits per heavy atom. The molecular formula is C22H38N4O14. The number of carbonyl (C=O) groups excluding carboxylic acids is 3. The zero-order valence-corrected chi connectivity index (χ0v) is 22.5. The number of hydrogen-bond donors (Lipinski definition) is 1. The highest BCUT2D eigenvalue weighted by atomic mass is 17.0. The van der Waals surface area contributed by atoms with Gasteiger partial charge in [0, 0.05) is 12.8 Å². The van der Waals surface area contributed by atoms with Gasteiger partial charge in [0.25, 0.3) is 15.3 Å². The Morgan fingerprint density at radius 2 is 1.07 bits per heavy atom. The standard InChI is InChI=1S/C22H38N4O14/c1-18(40-20(28)13-7-5-11-17-39-26(34)35)21(23-19(27)12-6-4-10-16-38-25(32)33)22(29)36-14-8-2-3-9-15-37-24(30)31/h18,21H,2-17H2,1H3,(H,23,27). The van der Waals surface area contributed by atoms with Crippen LogP contribution in [0.5, 0.6) is 0 Å². The molecule has 2 unspecified atom stereocenters. The molecule has 0 aliphatic heterocycles. The second-order valence-corrected chi connectivity index (χ2v) is 8.61. The summed E-state index contributed by atoms with van der Waals surface area (Å²) in [5.41, 5.74) is 0. The number of rotatable bonds is 26. The van der Waals surface area contributed by atoms with Gasteiger partial charge in [0.05, 0.1) is 26.4 Å². The van der Waals surface area contributed by atoms with Crippen molar-refractivity contribution in [2.45, 2.75) is 96.1 Å². The van der Waals surface area contributed by atoms with Gasteiger partial charge >= 0.3 is 11.9 Å². The number of unbranched alkanes of at least 4 members (excludes halogenated alkanes) is 7. The fourth-order valence-corrected chi connectivity index (χ4v) is 3.30. The molecule has 0 saturated carbocycles. The van der Waals surface area contributed by atoms with Crippen molar-refractivity contribution in [1.82, 2.24) is 5.32 Å². The van der Waals surface area contributed by atoms with E-state index in [0.29, 0.717) is 64.2 Å². The quantitative estimate of drug-likeness (QED) is 0.0666. The maximum Gasteiger partial charge on any atom is 0.332 e. The number of nitrogens with zero attached hydrogens (tertiary/aromatic N) is 3. The summed E-state index contributed by atoms with van der Waals surface area (Å²) in [6, 6.07) is -1.28. The smallest absolute Gasteiger partial charge is 0.332 e. The lowest BCUT2D eigenvalue weighted by Gasteiger charge is -2.24. The second kappa shape index (κ2) is 22.9. The zero-order valence-electron chi connectivity index (χ0n) is 22.5. The summed E-state index contributed by atoms with van der Waals surface area (Å²) in [5, 5.41) is 30.2. The van der Waals surface area contributed by atoms with Crippen molar-refractivity contribution < 1.29 is 53.6 Å². The van der Waals surface area contributed by atoms with Crippen molar-refractivity contribution in [2.24, 2.45) is 0 Å². The first-order valence-corrected chi connectivity index (χ1v) is 13.0. The molecule has 0 heterocycles. The van der Waals surface area contributed by atoms with Gasteiger partial charge < -0.3 is 29.3 Å². The Labute approximate surface area is 230 Å². The first-order valence-electron chi connectivity index (χ1n) is 13.0. The van der Waals surface area contributed by atoms with Crippen molar-refractivity contribution in [3.8, 4) is 0 Å². The highest BCUT2D eigenvalue weighted by molar-refractivity contribution is 5.85. The Hall–Kier alpha value is -3.99. The normalized spacial score (nSPS) is 11.9. The lowest BCUT2D eigenvalue weighted by molar-refractivity contribution is -0.757. The molecule has 0 aromatic heterocycles. The number of nitrogens with one attached hydrogen (secondary N) is 1. The summed E-state index contributed by atoms with van der Waals surface area (Å²) < 4.78 is 10.6. The average molecular weight is 583 g/mol. The van der Waals surface area contributed by atoms with Crippen LogP contribution in [0.1, 0.15) is 84.0 Å². The van der Waals surface area contributed by atoms with Gasteiger partial charge in [-0.3, -0.25) is 9.59 Å². The molecule has 2 atom stereocenters. The van der Waals surface area contributed by atoms with Crippen LogP contribution in [0.25, 0.3) is 0 Å². The van der Waals surface area contributed by atoms with Crippen LogP contribution in [0.15, 0.2) is 0 Å². The lowest BCUT2D eigenvalue weighted by atomic mass is 10.1. The Bertz CT molecular complexity index is 797. The van der Waals surface area contributed by atoms with Gasteiger partial charge in [-0.1, -0.05) is 19.3 Å². The van der Waals surface area contributed by atoms with E-state index in [9.17, 15) is 44.7 Å². The first-order chi connectivity index (χ1) is 19.0. The molecule has 0 fully saturated rings. The van der Waals surface area contributed by atoms with Gasteiger partial charge in [0.1, 0.15) is 6.10 Å². The maximum atomic E-state index is 12.7. The van der Waals surface area contributed by atoms with E-state index in [1.807, 2.05) is 0 Å². The average Bonchev–Trinajstić information content (AvgIpc) is 2.87. The maximum absolute atomic E-state index is 12.7. The molecule has 0 saturated heterocycles. The van der Waals surface area contributed by atoms with Crippen molar-refractivity contribution in [3.05, 3.63) is 30.3 Å². The summed E-state index contributed by atoms with van der Waals surface area (Å²) in [7, 11) is 0. The predicted molar refractivity (Wildman–Crippen MR) is 133 cm³/mol. The van der Waals surface area contributed by atoms with Crippen molar-refractivity contribution in [2.75, 3.05) is 26.4 Å². The summed E-state index contributed by atoms with van der Waals surface area (Å²) in [4.78, 5) is 80.3. The van der Waals surface area contributed by atoms with Crippen LogP contribution in [0.3, 0.4) is 0 Å². The summed E-state index contributed by atoms with van der Waals surface area (Å²) in [6.45, 7) is 1.24. The van der Waals surface area contributed by atoms with Crippen LogP contribution in [0.4, 0.5) is 0 Å². The molecule has 18 nitrogen and oxygen atoms in total. The molecule has 0 aromatic rings. The number of amides is 1. The van der Waals surface area contributed by atoms with E-state index < -0.39 is 45.3 Å². The van der Waals surface area contributed by atoms with Crippen molar-refractivity contribution in [1.29, 1.82) is 0 Å². The van der Waals surface area contributed by atoms with Crippen LogP contribution in [0.2, 0.25) is 0 Å². The van der Waals surface area contributed by atoms with Crippen LogP contribution < -0.4 is 5.32 Å². The van der Waals surface area contributed by atoms with Crippen LogP contribution in [-0.2, 0) is 38.4 Å². The van der Waals surface area contributed by atoms with Gasteiger partial charge in [0.15, 0.2) is 6.04 Å². The third-order valence-corrected chi connectivity index (χ3v) is 5.30. The topological polar surface area (TPSA) is 239 Å². The molecule has 0 rings (SSSR count). The minimum Gasteiger partial charge on any atom is -0.464 e. The van der Waals surface area contributed by atoms with Crippen LogP contribution in [-0.4, -0.2) is 71.7 Å². The van der Waals surface area contributed by atoms with E-state index >= 15 is 0 Å². The van der Waals surface area contributed by atoms with Crippen molar-refractivity contribution >= 4 is 17.8 Å². The van der Waals surface area contributed by atoms with Gasteiger partial charge in [-0.2, -0.15) is 0 Å². The minimum absolute atomic E-state index is 0.00903. The lowest BCUT2D eigenvalue weighted by Crippen LogP contribution is -2.50. The molecule has 0 aromatic carbocycles. The van der Waals surface area contributed by atoms with E-state index in [1.54, 1.807) is 0 Å². The number of hydrogen-bond acceptors (Lipinski definition) is 14. The molecule has 0 spiro atoms. The van der Waals surface area contributed by atoms with E-state index in [-0.39, 0.29) is 39.3 Å². The van der Waals surface area contributed by atoms with Crippen molar-refractivity contribution in [3.63, 3.8) is 0 Å². The monoisotopic (exact) mass is 582 g/mol. The predicted octanol–water partition coefficient (Wildman–Crippen LogP) is 2.25. The Balaban J connectivity index is 4.67. The highest BCUT2D eigenvalue weighted by Gasteiger charge is 2.31. The molecule has 0 aliphatic rings. The third-order valence-electron chi connectivity index (χ3n) is 5.30. The molecule has 1 N–H and O–H groups in total. The Morgan fingerprint density at radius 1 is 0.650 bits per heavy atom. The molecule has 1 amide bonds. The van der Waals surface area contributed by atoms with Crippen LogP contribution in [0, 0.1) is 30.3 Å². The van der Waals surface area contributed by atoms with E-state index in [4.69, 9.17) is 9.47 Å². The number of esters is 2. The fraction of sp³-hybridized carbons (Fsp3) is 0.864. The molecule has 230 valence electrons. The molecular weight excluding hydrogens is 544 g/mol. The first kappa shape index (κ1) is 36.0. The van der Waals surface area contributed by atoms with Gasteiger partial charge in [0.2, 0.25) is 5.91 Å². The zero-order chi connectivity index (χ0) is 30.2. The Kier molecular flexibility index (Phi) is 20.7. The third kappa shape index (κ3) is 22.0. The van der Waals surface area contributed by atoms with Gasteiger partial charge in [-0.05, 0) is 51.9 Å². The van der Waals surface area contributed by atoms with Crippen LogP contribution >= 0.6 is 0 Å². The largest absolute Gasteiger partial charge is 0.464 e. The highest BCUT2D eigenvalue weighted by Crippen LogP contribution is 2.10. The van der Waals surface area contributed by atoms with E-state index in [1.165, 1.54) is 6.92 Å². The van der Waals surface area contributed by atoms with Gasteiger partial charge in [-0.25, -0.2) is 4.79 Å². The number of carbonyl (C=O) groups is 3. The van der Waals surface area contributed by atoms with E-state index in [0.717, 1.165) is 0 Å². The molecule has 0 bridgehead atoms. The molecule has 18 heteroatoms. The summed E-state index contributed by atoms with van der Waals surface area (Å²) in [5.74, 6) is -1.93. The molecule has 0 aliphatic carbocycles. The summed E-state index contributed by atoms with van der Waals surface area (Å²) >= 11 is 0. The summed E-state index contributed by atoms with van der Waals surface area (Å²) in [6.07, 6.45) is 3.54. The second-order valence-electron chi connectivity index (χ2n) is 8.61. The SMILES string of the molecule is CC(OC(=O)CCCCCO[N+](=O)[O-])C(NC(=O)CCCCCO[N+](=O)[O-])C(=O)OCCCCCCO[N+](=O)[O-]. The molecule has 0 radical (unpaired) electrons. The fourth-order valence-electron chi connectivity index (χ4n) is 3.30. The number of ether oxygens (including phenoxy) is 2. The van der Waals surface area contributed by atoms with E-state index in [2.05, 4.69) is 19.8 Å². The minimum atomic E-state index is -1.28. The molecule has 40 heavy (non-hydrogen) atoms.